The molecule has 0 radical (unpaired) electrons. The zero-order valence-corrected chi connectivity index (χ0v) is 29.5. The van der Waals surface area contributed by atoms with Crippen LogP contribution in [0.25, 0.3) is 16.8 Å². The number of imide groups is 1. The number of carbonyl (C=O) groups is 2. The van der Waals surface area contributed by atoms with Gasteiger partial charge in [0.15, 0.2) is 0 Å². The number of fused-ring (bicyclic) bond motifs is 2. The number of para-hydroxylation sites is 1. The van der Waals surface area contributed by atoms with Gasteiger partial charge in [-0.15, -0.1) is 0 Å². The molecule has 4 aliphatic rings. The van der Waals surface area contributed by atoms with Crippen molar-refractivity contribution in [3.05, 3.63) is 111 Å². The number of likely N-dealkylation sites (N-methyl/N-ethyl adjacent to an activating group) is 1. The van der Waals surface area contributed by atoms with Gasteiger partial charge < -0.3 is 19.4 Å². The predicted molar refractivity (Wildman–Crippen MR) is 199 cm³/mol. The van der Waals surface area contributed by atoms with Crippen LogP contribution >= 0.6 is 0 Å². The normalized spacial score (nSPS) is 20.7. The Labute approximate surface area is 297 Å². The van der Waals surface area contributed by atoms with E-state index in [9.17, 15) is 19.7 Å². The summed E-state index contributed by atoms with van der Waals surface area (Å²) in [6.45, 7) is 10.2. The third kappa shape index (κ3) is 5.17. The summed E-state index contributed by atoms with van der Waals surface area (Å²) in [6, 6.07) is 23.0. The average molecular weight is 687 g/mol. The van der Waals surface area contributed by atoms with Gasteiger partial charge in [0.25, 0.3) is 17.5 Å². The third-order valence-corrected chi connectivity index (χ3v) is 11.2. The Bertz CT molecular complexity index is 2100. The summed E-state index contributed by atoms with van der Waals surface area (Å²) in [4.78, 5) is 48.6. The minimum Gasteiger partial charge on any atom is -0.463 e. The zero-order chi connectivity index (χ0) is 35.7. The molecule has 11 nitrogen and oxygen atoms in total. The lowest BCUT2D eigenvalue weighted by Crippen LogP contribution is -2.61. The summed E-state index contributed by atoms with van der Waals surface area (Å²) >= 11 is 0. The van der Waals surface area contributed by atoms with Gasteiger partial charge in [-0.3, -0.25) is 29.5 Å². The van der Waals surface area contributed by atoms with Gasteiger partial charge in [0.1, 0.15) is 5.75 Å². The van der Waals surface area contributed by atoms with E-state index in [-0.39, 0.29) is 22.4 Å². The molecule has 0 bridgehead atoms. The van der Waals surface area contributed by atoms with Crippen molar-refractivity contribution >= 4 is 45.7 Å². The van der Waals surface area contributed by atoms with Gasteiger partial charge in [-0.2, -0.15) is 0 Å². The SMILES string of the molecule is CN(C)CCN1C(=O)c2cccc3c(N4CCN(CCN5c6ccccc6C(C)(C)C56C=Cc5cc([N+](=O)[O-])ccc5O6)CC4)ccc(c23)C1=O. The van der Waals surface area contributed by atoms with Gasteiger partial charge in [0.2, 0.25) is 5.72 Å². The Kier molecular flexibility index (Phi) is 7.88. The third-order valence-electron chi connectivity index (χ3n) is 11.2. The van der Waals surface area contributed by atoms with E-state index in [2.05, 4.69) is 58.9 Å². The van der Waals surface area contributed by atoms with Crippen LogP contribution in [-0.4, -0.2) is 104 Å². The lowest BCUT2D eigenvalue weighted by atomic mass is 9.76. The molecule has 1 saturated heterocycles. The van der Waals surface area contributed by atoms with Crippen LogP contribution in [0.4, 0.5) is 17.1 Å². The second kappa shape index (κ2) is 12.2. The number of benzene rings is 4. The molecule has 51 heavy (non-hydrogen) atoms. The largest absolute Gasteiger partial charge is 0.463 e. The first-order chi connectivity index (χ1) is 24.5. The van der Waals surface area contributed by atoms with Crippen LogP contribution in [0.2, 0.25) is 0 Å². The standard InChI is InChI=1S/C40H42N6O5/c1-39(2)32-10-5-6-11-34(32)45(40(39)17-16-27-26-28(46(49)50)12-15-35(27)51-40)25-21-42-19-22-43(23-20-42)33-14-13-31-36-29(33)8-7-9-30(36)37(47)44(38(31)48)24-18-41(3)4/h5-17,26H,18-25H2,1-4H3. The van der Waals surface area contributed by atoms with Gasteiger partial charge in [-0.1, -0.05) is 30.3 Å². The molecule has 4 heterocycles. The summed E-state index contributed by atoms with van der Waals surface area (Å²) in [5, 5.41) is 13.1. The summed E-state index contributed by atoms with van der Waals surface area (Å²) in [5.41, 5.74) is 4.08. The maximum atomic E-state index is 13.5. The predicted octanol–water partition coefficient (Wildman–Crippen LogP) is 5.63. The molecule has 0 N–H and O–H groups in total. The molecule has 4 aromatic rings. The van der Waals surface area contributed by atoms with Crippen molar-refractivity contribution in [2.24, 2.45) is 0 Å². The number of non-ortho nitro benzene ring substituents is 1. The molecule has 4 aromatic carbocycles. The minimum absolute atomic E-state index is 0.0414. The summed E-state index contributed by atoms with van der Waals surface area (Å²) < 4.78 is 6.90. The van der Waals surface area contributed by atoms with E-state index in [0.717, 1.165) is 61.4 Å². The lowest BCUT2D eigenvalue weighted by Gasteiger charge is -2.47. The molecule has 0 saturated carbocycles. The number of hydrogen-bond donors (Lipinski definition) is 0. The lowest BCUT2D eigenvalue weighted by molar-refractivity contribution is -0.384. The first-order valence-electron chi connectivity index (χ1n) is 17.6. The minimum atomic E-state index is -0.804. The number of nitrogens with zero attached hydrogens (tertiary/aromatic N) is 6. The van der Waals surface area contributed by atoms with Crippen LogP contribution in [0, 0.1) is 10.1 Å². The Morgan fingerprint density at radius 1 is 0.843 bits per heavy atom. The summed E-state index contributed by atoms with van der Waals surface area (Å²) in [5.74, 6) is 0.175. The van der Waals surface area contributed by atoms with Crippen LogP contribution in [0.3, 0.4) is 0 Å². The number of carbonyl (C=O) groups excluding carboxylic acids is 2. The molecule has 11 heteroatoms. The van der Waals surface area contributed by atoms with Crippen LogP contribution in [0.15, 0.2) is 78.9 Å². The summed E-state index contributed by atoms with van der Waals surface area (Å²) in [6.07, 6.45) is 4.04. The highest BCUT2D eigenvalue weighted by Crippen LogP contribution is 2.55. The Morgan fingerprint density at radius 2 is 1.59 bits per heavy atom. The van der Waals surface area contributed by atoms with Crippen molar-refractivity contribution in [1.29, 1.82) is 0 Å². The topological polar surface area (TPSA) is 103 Å². The number of rotatable bonds is 8. The molecule has 4 aliphatic heterocycles. The number of nitro groups is 1. The smallest absolute Gasteiger partial charge is 0.270 e. The molecule has 2 amide bonds. The maximum absolute atomic E-state index is 13.5. The van der Waals surface area contributed by atoms with E-state index < -0.39 is 11.1 Å². The first-order valence-corrected chi connectivity index (χ1v) is 17.6. The second-order valence-corrected chi connectivity index (χ2v) is 14.7. The Hall–Kier alpha value is -5.26. The number of ether oxygens (including phenoxy) is 1. The molecule has 0 aromatic heterocycles. The zero-order valence-electron chi connectivity index (χ0n) is 29.5. The van der Waals surface area contributed by atoms with Gasteiger partial charge >= 0.3 is 0 Å². The van der Waals surface area contributed by atoms with Crippen LogP contribution in [0.5, 0.6) is 5.75 Å². The van der Waals surface area contributed by atoms with Crippen LogP contribution in [-0.2, 0) is 5.41 Å². The number of amides is 2. The molecule has 1 atom stereocenters. The fraction of sp³-hybridized carbons (Fsp3) is 0.350. The number of nitro benzene ring substituents is 1. The molecule has 262 valence electrons. The molecular formula is C40H42N6O5. The molecule has 1 unspecified atom stereocenters. The molecule has 0 aliphatic carbocycles. The highest BCUT2D eigenvalue weighted by molar-refractivity contribution is 6.26. The van der Waals surface area contributed by atoms with Gasteiger partial charge in [0.05, 0.1) is 10.3 Å². The van der Waals surface area contributed by atoms with Gasteiger partial charge in [0, 0.05) is 103 Å². The van der Waals surface area contributed by atoms with E-state index in [1.807, 2.05) is 55.4 Å². The number of anilines is 2. The van der Waals surface area contributed by atoms with E-state index >= 15 is 0 Å². The average Bonchev–Trinajstić information content (AvgIpc) is 3.30. The quantitative estimate of drug-likeness (QED) is 0.133. The molecule has 8 rings (SSSR count). The molecule has 1 fully saturated rings. The van der Waals surface area contributed by atoms with E-state index in [1.54, 1.807) is 12.1 Å². The summed E-state index contributed by atoms with van der Waals surface area (Å²) in [7, 11) is 3.87. The van der Waals surface area contributed by atoms with Gasteiger partial charge in [-0.25, -0.2) is 0 Å². The van der Waals surface area contributed by atoms with Crippen molar-refractivity contribution in [2.75, 3.05) is 76.3 Å². The Morgan fingerprint density at radius 3 is 2.33 bits per heavy atom. The fourth-order valence-electron chi connectivity index (χ4n) is 8.35. The second-order valence-electron chi connectivity index (χ2n) is 14.7. The van der Waals surface area contributed by atoms with E-state index in [0.29, 0.717) is 35.5 Å². The maximum Gasteiger partial charge on any atom is 0.270 e. The Balaban J connectivity index is 1.01. The number of hydrogen-bond acceptors (Lipinski definition) is 9. The molecule has 1 spiro atoms. The van der Waals surface area contributed by atoms with E-state index in [4.69, 9.17) is 4.74 Å². The highest BCUT2D eigenvalue weighted by atomic mass is 16.6. The van der Waals surface area contributed by atoms with Crippen molar-refractivity contribution in [2.45, 2.75) is 25.0 Å². The van der Waals surface area contributed by atoms with Crippen molar-refractivity contribution in [1.82, 2.24) is 14.7 Å². The van der Waals surface area contributed by atoms with Crippen molar-refractivity contribution < 1.29 is 19.2 Å². The van der Waals surface area contributed by atoms with E-state index in [1.165, 1.54) is 16.5 Å². The van der Waals surface area contributed by atoms with Crippen molar-refractivity contribution in [3.8, 4) is 5.75 Å². The fourth-order valence-corrected chi connectivity index (χ4v) is 8.35. The van der Waals surface area contributed by atoms with Crippen LogP contribution in [0.1, 0.15) is 45.7 Å². The molecular weight excluding hydrogens is 644 g/mol. The monoisotopic (exact) mass is 686 g/mol. The first kappa shape index (κ1) is 32.9. The van der Waals surface area contributed by atoms with Crippen molar-refractivity contribution in [3.63, 3.8) is 0 Å². The van der Waals surface area contributed by atoms with Gasteiger partial charge in [-0.05, 0) is 76.0 Å². The number of piperazine rings is 1. The highest BCUT2D eigenvalue weighted by Gasteiger charge is 2.58. The van der Waals surface area contributed by atoms with Crippen LogP contribution < -0.4 is 14.5 Å².